The Kier molecular flexibility index (Phi) is 5.69. The number of nitrogens with one attached hydrogen (secondary N) is 2. The largest absolute Gasteiger partial charge is 0.419 e. The standard InChI is InChI=1S/C22H23F4N3O/c23-20-9-6-15(12-19(20)22(24,25)26)27-21(30)28-16-10-17-7-8-18(11-16)29(17)13-14-4-2-1-3-5-14/h1-6,9,12,16-18H,7-8,10-11,13H2,(H2,27,28,30). The number of amides is 2. The molecule has 2 saturated heterocycles. The quantitative estimate of drug-likeness (QED) is 0.670. The molecule has 160 valence electrons. The zero-order chi connectivity index (χ0) is 21.3. The lowest BCUT2D eigenvalue weighted by Crippen LogP contribution is -2.50. The van der Waals surface area contributed by atoms with Gasteiger partial charge in [0, 0.05) is 30.4 Å². The molecule has 4 nitrogen and oxygen atoms in total. The first kappa shape index (κ1) is 20.7. The van der Waals surface area contributed by atoms with Crippen molar-refractivity contribution in [3.8, 4) is 0 Å². The van der Waals surface area contributed by atoms with Crippen LogP contribution in [0.4, 0.5) is 28.0 Å². The summed E-state index contributed by atoms with van der Waals surface area (Å²) in [6, 6.07) is 12.8. The molecule has 0 spiro atoms. The highest BCUT2D eigenvalue weighted by atomic mass is 19.4. The average Bonchev–Trinajstić information content (AvgIpc) is 2.92. The third-order valence-electron chi connectivity index (χ3n) is 5.96. The van der Waals surface area contributed by atoms with Gasteiger partial charge in [-0.05, 0) is 49.4 Å². The van der Waals surface area contributed by atoms with E-state index in [1.165, 1.54) is 5.56 Å². The van der Waals surface area contributed by atoms with Crippen LogP contribution in [0.25, 0.3) is 0 Å². The van der Waals surface area contributed by atoms with Crippen LogP contribution in [-0.4, -0.2) is 29.1 Å². The van der Waals surface area contributed by atoms with E-state index in [9.17, 15) is 22.4 Å². The second-order valence-corrected chi connectivity index (χ2v) is 8.00. The summed E-state index contributed by atoms with van der Waals surface area (Å²) in [7, 11) is 0. The number of rotatable bonds is 4. The van der Waals surface area contributed by atoms with Crippen molar-refractivity contribution in [1.82, 2.24) is 10.2 Å². The monoisotopic (exact) mass is 421 g/mol. The fourth-order valence-electron chi connectivity index (χ4n) is 4.62. The molecule has 4 rings (SSSR count). The number of urea groups is 1. The van der Waals surface area contributed by atoms with E-state index in [-0.39, 0.29) is 11.7 Å². The van der Waals surface area contributed by atoms with E-state index in [1.54, 1.807) is 0 Å². The Hall–Kier alpha value is -2.61. The summed E-state index contributed by atoms with van der Waals surface area (Å²) < 4.78 is 52.0. The summed E-state index contributed by atoms with van der Waals surface area (Å²) in [5, 5.41) is 5.27. The molecule has 2 bridgehead atoms. The molecule has 2 aliphatic heterocycles. The summed E-state index contributed by atoms with van der Waals surface area (Å²) in [4.78, 5) is 14.8. The van der Waals surface area contributed by atoms with Crippen LogP contribution in [0.3, 0.4) is 0 Å². The SMILES string of the molecule is O=C(Nc1ccc(F)c(C(F)(F)F)c1)NC1CC2CCC(C1)N2Cc1ccccc1. The molecule has 2 fully saturated rings. The molecule has 2 unspecified atom stereocenters. The number of alkyl halides is 3. The predicted molar refractivity (Wildman–Crippen MR) is 105 cm³/mol. The number of carbonyl (C=O) groups excluding carboxylic acids is 1. The molecule has 0 aliphatic carbocycles. The molecule has 0 aromatic heterocycles. The third kappa shape index (κ3) is 4.59. The minimum atomic E-state index is -4.82. The van der Waals surface area contributed by atoms with Crippen LogP contribution in [0, 0.1) is 5.82 Å². The molecule has 0 saturated carbocycles. The molecule has 2 aromatic rings. The number of hydrogen-bond donors (Lipinski definition) is 2. The van der Waals surface area contributed by atoms with Gasteiger partial charge in [-0.25, -0.2) is 9.18 Å². The van der Waals surface area contributed by atoms with Gasteiger partial charge in [-0.1, -0.05) is 30.3 Å². The summed E-state index contributed by atoms with van der Waals surface area (Å²) in [5.41, 5.74) is -0.228. The van der Waals surface area contributed by atoms with Crippen LogP contribution in [-0.2, 0) is 12.7 Å². The topological polar surface area (TPSA) is 44.4 Å². The summed E-state index contributed by atoms with van der Waals surface area (Å²) in [6.45, 7) is 0.880. The maximum atomic E-state index is 13.4. The minimum absolute atomic E-state index is 0.0444. The highest BCUT2D eigenvalue weighted by molar-refractivity contribution is 5.89. The van der Waals surface area contributed by atoms with Crippen molar-refractivity contribution in [3.05, 3.63) is 65.5 Å². The Morgan fingerprint density at radius 3 is 2.33 bits per heavy atom. The smallest absolute Gasteiger partial charge is 0.335 e. The molecule has 2 N–H and O–H groups in total. The maximum absolute atomic E-state index is 13.4. The molecular formula is C22H23F4N3O. The molecule has 0 radical (unpaired) electrons. The van der Waals surface area contributed by atoms with Crippen molar-refractivity contribution < 1.29 is 22.4 Å². The van der Waals surface area contributed by atoms with Gasteiger partial charge in [-0.15, -0.1) is 0 Å². The predicted octanol–water partition coefficient (Wildman–Crippen LogP) is 5.16. The maximum Gasteiger partial charge on any atom is 0.419 e. The van der Waals surface area contributed by atoms with Crippen LogP contribution < -0.4 is 10.6 Å². The number of nitrogens with zero attached hydrogens (tertiary/aromatic N) is 1. The van der Waals surface area contributed by atoms with E-state index in [0.29, 0.717) is 24.2 Å². The van der Waals surface area contributed by atoms with Crippen molar-refractivity contribution in [2.24, 2.45) is 0 Å². The van der Waals surface area contributed by atoms with Crippen molar-refractivity contribution in [2.75, 3.05) is 5.32 Å². The molecule has 2 atom stereocenters. The number of benzene rings is 2. The number of piperidine rings is 1. The number of halogens is 4. The first-order valence-corrected chi connectivity index (χ1v) is 10.0. The zero-order valence-corrected chi connectivity index (χ0v) is 16.3. The van der Waals surface area contributed by atoms with Crippen molar-refractivity contribution in [1.29, 1.82) is 0 Å². The van der Waals surface area contributed by atoms with Crippen LogP contribution in [0.5, 0.6) is 0 Å². The minimum Gasteiger partial charge on any atom is -0.335 e. The summed E-state index contributed by atoms with van der Waals surface area (Å²) in [6.07, 6.45) is -1.07. The fraction of sp³-hybridized carbons (Fsp3) is 0.409. The van der Waals surface area contributed by atoms with Crippen LogP contribution in [0.2, 0.25) is 0 Å². The van der Waals surface area contributed by atoms with Gasteiger partial charge in [0.2, 0.25) is 0 Å². The molecule has 30 heavy (non-hydrogen) atoms. The van der Waals surface area contributed by atoms with E-state index in [4.69, 9.17) is 0 Å². The molecule has 2 heterocycles. The lowest BCUT2D eigenvalue weighted by atomic mass is 9.96. The van der Waals surface area contributed by atoms with Crippen LogP contribution in [0.1, 0.15) is 36.8 Å². The zero-order valence-electron chi connectivity index (χ0n) is 16.3. The number of hydrogen-bond acceptors (Lipinski definition) is 2. The van der Waals surface area contributed by atoms with Gasteiger partial charge in [0.15, 0.2) is 0 Å². The first-order chi connectivity index (χ1) is 14.3. The van der Waals surface area contributed by atoms with E-state index in [1.807, 2.05) is 18.2 Å². The van der Waals surface area contributed by atoms with E-state index >= 15 is 0 Å². The Balaban J connectivity index is 1.34. The normalized spacial score (nSPS) is 23.9. The first-order valence-electron chi connectivity index (χ1n) is 10.0. The van der Waals surface area contributed by atoms with Gasteiger partial charge in [-0.3, -0.25) is 4.90 Å². The Morgan fingerprint density at radius 1 is 1.03 bits per heavy atom. The lowest BCUT2D eigenvalue weighted by Gasteiger charge is -2.39. The highest BCUT2D eigenvalue weighted by Gasteiger charge is 2.41. The lowest BCUT2D eigenvalue weighted by molar-refractivity contribution is -0.139. The average molecular weight is 421 g/mol. The molecular weight excluding hydrogens is 398 g/mol. The summed E-state index contributed by atoms with van der Waals surface area (Å²) in [5.74, 6) is -1.36. The van der Waals surface area contributed by atoms with E-state index in [0.717, 1.165) is 38.3 Å². The second kappa shape index (κ2) is 8.26. The number of anilines is 1. The number of fused-ring (bicyclic) bond motifs is 2. The summed E-state index contributed by atoms with van der Waals surface area (Å²) >= 11 is 0. The van der Waals surface area contributed by atoms with Gasteiger partial charge in [-0.2, -0.15) is 13.2 Å². The Labute approximate surface area is 172 Å². The van der Waals surface area contributed by atoms with Crippen LogP contribution in [0.15, 0.2) is 48.5 Å². The number of carbonyl (C=O) groups is 1. The molecule has 2 aromatic carbocycles. The van der Waals surface area contributed by atoms with Gasteiger partial charge < -0.3 is 10.6 Å². The Bertz CT molecular complexity index is 889. The molecule has 2 amide bonds. The van der Waals surface area contributed by atoms with Gasteiger partial charge in [0.05, 0.1) is 5.56 Å². The van der Waals surface area contributed by atoms with E-state index < -0.39 is 23.6 Å². The molecule has 2 aliphatic rings. The van der Waals surface area contributed by atoms with E-state index in [2.05, 4.69) is 27.7 Å². The fourth-order valence-corrected chi connectivity index (χ4v) is 4.62. The second-order valence-electron chi connectivity index (χ2n) is 8.00. The Morgan fingerprint density at radius 2 is 1.70 bits per heavy atom. The van der Waals surface area contributed by atoms with Crippen molar-refractivity contribution in [3.63, 3.8) is 0 Å². The van der Waals surface area contributed by atoms with Gasteiger partial charge in [0.25, 0.3) is 0 Å². The van der Waals surface area contributed by atoms with Crippen molar-refractivity contribution >= 4 is 11.7 Å². The molecule has 8 heteroatoms. The van der Waals surface area contributed by atoms with Gasteiger partial charge >= 0.3 is 12.2 Å². The van der Waals surface area contributed by atoms with Gasteiger partial charge in [0.1, 0.15) is 5.82 Å². The van der Waals surface area contributed by atoms with Crippen molar-refractivity contribution in [2.45, 2.75) is 56.5 Å². The van der Waals surface area contributed by atoms with Crippen LogP contribution >= 0.6 is 0 Å². The third-order valence-corrected chi connectivity index (χ3v) is 5.96. The highest BCUT2D eigenvalue weighted by Crippen LogP contribution is 2.37.